The second-order valence-corrected chi connectivity index (χ2v) is 8.53. The van der Waals surface area contributed by atoms with Crippen molar-refractivity contribution < 1.29 is 21.6 Å². The first-order chi connectivity index (χ1) is 15.0. The van der Waals surface area contributed by atoms with Gasteiger partial charge in [0.05, 0.1) is 5.69 Å². The van der Waals surface area contributed by atoms with E-state index in [4.69, 9.17) is 5.26 Å². The number of sulfonamides is 1. The Balaban J connectivity index is 2.13. The van der Waals surface area contributed by atoms with Crippen LogP contribution in [0, 0.1) is 22.7 Å². The predicted molar refractivity (Wildman–Crippen MR) is 108 cm³/mol. The molecule has 0 unspecified atom stereocenters. The van der Waals surface area contributed by atoms with E-state index in [0.717, 1.165) is 12.0 Å². The number of aryl methyl sites for hydroxylation is 1. The van der Waals surface area contributed by atoms with Crippen LogP contribution in [0.25, 0.3) is 0 Å². The van der Waals surface area contributed by atoms with Gasteiger partial charge in [-0.2, -0.15) is 37.1 Å². The molecule has 0 amide bonds. The highest BCUT2D eigenvalue weighted by molar-refractivity contribution is 7.93. The largest absolute Gasteiger partial charge is 0.516 e. The number of halogens is 3. The van der Waals surface area contributed by atoms with Gasteiger partial charge < -0.3 is 4.90 Å². The maximum Gasteiger partial charge on any atom is 0.516 e. The fourth-order valence-electron chi connectivity index (χ4n) is 3.28. The van der Waals surface area contributed by atoms with Crippen LogP contribution in [0.15, 0.2) is 22.4 Å². The lowest BCUT2D eigenvalue weighted by molar-refractivity contribution is -0.0429. The summed E-state index contributed by atoms with van der Waals surface area (Å²) in [4.78, 5) is 5.72. The lowest BCUT2D eigenvalue weighted by atomic mass is 10.0. The number of imidazole rings is 1. The molecule has 0 spiro atoms. The standard InChI is InChI=1S/C18H17F3N8O2S/c1-3-29-16(10-23)14(9-22)24-17(29)26-25-12-7-11-5-4-6-28(2)15(11)8-13(12)27-32(30,31)18(19,20)21/h7-8,27H,3-6H2,1-2H3. The van der Waals surface area contributed by atoms with Crippen molar-refractivity contribution in [2.75, 3.05) is 23.2 Å². The highest BCUT2D eigenvalue weighted by Crippen LogP contribution is 2.39. The van der Waals surface area contributed by atoms with Crippen molar-refractivity contribution in [2.45, 2.75) is 31.8 Å². The van der Waals surface area contributed by atoms with Crippen LogP contribution in [0.3, 0.4) is 0 Å². The Bertz CT molecular complexity index is 1270. The first-order valence-electron chi connectivity index (χ1n) is 9.32. The monoisotopic (exact) mass is 466 g/mol. The molecule has 0 fully saturated rings. The highest BCUT2D eigenvalue weighted by Gasteiger charge is 2.46. The van der Waals surface area contributed by atoms with Crippen molar-refractivity contribution in [3.8, 4) is 12.1 Å². The molecule has 0 radical (unpaired) electrons. The molecule has 1 aromatic heterocycles. The third kappa shape index (κ3) is 4.22. The zero-order valence-electron chi connectivity index (χ0n) is 17.0. The van der Waals surface area contributed by atoms with Crippen LogP contribution < -0.4 is 9.62 Å². The number of rotatable bonds is 5. The van der Waals surface area contributed by atoms with E-state index < -0.39 is 21.2 Å². The number of hydrogen-bond donors (Lipinski definition) is 1. The Kier molecular flexibility index (Phi) is 6.09. The smallest absolute Gasteiger partial charge is 0.374 e. The van der Waals surface area contributed by atoms with E-state index in [0.29, 0.717) is 18.7 Å². The van der Waals surface area contributed by atoms with Crippen LogP contribution in [-0.2, 0) is 23.0 Å². The average Bonchev–Trinajstić information content (AvgIpc) is 3.08. The Hall–Kier alpha value is -3.65. The van der Waals surface area contributed by atoms with Crippen molar-refractivity contribution in [1.82, 2.24) is 9.55 Å². The molecule has 0 aliphatic carbocycles. The third-order valence-electron chi connectivity index (χ3n) is 4.82. The molecule has 2 aromatic rings. The van der Waals surface area contributed by atoms with Crippen LogP contribution in [0.1, 0.15) is 30.3 Å². The number of nitrogens with one attached hydrogen (secondary N) is 1. The summed E-state index contributed by atoms with van der Waals surface area (Å²) in [6.07, 6.45) is 1.42. The molecule has 2 heterocycles. The van der Waals surface area contributed by atoms with Crippen molar-refractivity contribution >= 4 is 33.0 Å². The van der Waals surface area contributed by atoms with E-state index in [2.05, 4.69) is 15.2 Å². The average molecular weight is 466 g/mol. The minimum atomic E-state index is -5.70. The number of azo groups is 1. The van der Waals surface area contributed by atoms with Gasteiger partial charge in [0.2, 0.25) is 0 Å². The number of hydrogen-bond acceptors (Lipinski definition) is 8. The molecule has 1 N–H and O–H groups in total. The summed E-state index contributed by atoms with van der Waals surface area (Å²) in [5, 5.41) is 26.2. The molecule has 0 atom stereocenters. The Morgan fingerprint density at radius 3 is 2.56 bits per heavy atom. The van der Waals surface area contributed by atoms with Crippen molar-refractivity contribution in [3.63, 3.8) is 0 Å². The maximum absolute atomic E-state index is 13.0. The number of anilines is 2. The Labute approximate surface area is 181 Å². The topological polar surface area (TPSA) is 140 Å². The van der Waals surface area contributed by atoms with E-state index in [-0.39, 0.29) is 29.6 Å². The number of fused-ring (bicyclic) bond motifs is 1. The second kappa shape index (κ2) is 8.47. The van der Waals surface area contributed by atoms with Crippen LogP contribution in [0.5, 0.6) is 0 Å². The van der Waals surface area contributed by atoms with Gasteiger partial charge in [-0.25, -0.2) is 0 Å². The summed E-state index contributed by atoms with van der Waals surface area (Å²) in [5.74, 6) is -0.111. The predicted octanol–water partition coefficient (Wildman–Crippen LogP) is 3.71. The van der Waals surface area contributed by atoms with Crippen molar-refractivity contribution in [1.29, 1.82) is 10.5 Å². The maximum atomic E-state index is 13.0. The molecule has 1 aliphatic rings. The normalized spacial score (nSPS) is 14.2. The zero-order chi connectivity index (χ0) is 23.7. The molecule has 0 bridgehead atoms. The molecule has 32 heavy (non-hydrogen) atoms. The zero-order valence-corrected chi connectivity index (χ0v) is 17.8. The molecular weight excluding hydrogens is 449 g/mol. The summed E-state index contributed by atoms with van der Waals surface area (Å²) >= 11 is 0. The van der Waals surface area contributed by atoms with E-state index in [1.807, 2.05) is 6.07 Å². The summed E-state index contributed by atoms with van der Waals surface area (Å²) in [6.45, 7) is 2.57. The van der Waals surface area contributed by atoms with Gasteiger partial charge in [0.1, 0.15) is 17.8 Å². The fraction of sp³-hybridized carbons (Fsp3) is 0.389. The number of nitriles is 2. The molecule has 10 nitrogen and oxygen atoms in total. The van der Waals surface area contributed by atoms with Gasteiger partial charge in [0.25, 0.3) is 5.95 Å². The summed E-state index contributed by atoms with van der Waals surface area (Å²) in [5.41, 5.74) is -4.96. The number of aromatic nitrogens is 2. The highest BCUT2D eigenvalue weighted by atomic mass is 32.2. The Morgan fingerprint density at radius 1 is 1.25 bits per heavy atom. The number of nitrogens with zero attached hydrogens (tertiary/aromatic N) is 7. The first-order valence-corrected chi connectivity index (χ1v) is 10.8. The second-order valence-electron chi connectivity index (χ2n) is 6.85. The fourth-order valence-corrected chi connectivity index (χ4v) is 3.85. The van der Waals surface area contributed by atoms with Gasteiger partial charge >= 0.3 is 15.5 Å². The molecule has 168 valence electrons. The van der Waals surface area contributed by atoms with E-state index in [1.54, 1.807) is 24.9 Å². The van der Waals surface area contributed by atoms with Gasteiger partial charge in [0, 0.05) is 25.8 Å². The van der Waals surface area contributed by atoms with Gasteiger partial charge in [0.15, 0.2) is 11.4 Å². The Morgan fingerprint density at radius 2 is 1.97 bits per heavy atom. The molecule has 0 saturated heterocycles. The quantitative estimate of drug-likeness (QED) is 0.667. The van der Waals surface area contributed by atoms with Gasteiger partial charge in [-0.05, 0) is 37.5 Å². The minimum absolute atomic E-state index is 0.0333. The van der Waals surface area contributed by atoms with Crippen LogP contribution >= 0.6 is 0 Å². The number of benzene rings is 1. The first kappa shape index (κ1) is 23.0. The summed E-state index contributed by atoms with van der Waals surface area (Å²) in [6, 6.07) is 6.34. The molecule has 14 heteroatoms. The molecule has 0 saturated carbocycles. The van der Waals surface area contributed by atoms with E-state index in [1.165, 1.54) is 21.4 Å². The molecule has 1 aromatic carbocycles. The third-order valence-corrected chi connectivity index (χ3v) is 5.92. The SMILES string of the molecule is CCn1c(N=Nc2cc3c(cc2NS(=O)(=O)C(F)(F)F)N(C)CCC3)nc(C#N)c1C#N. The molecular formula is C18H17F3N8O2S. The summed E-state index contributed by atoms with van der Waals surface area (Å²) in [7, 11) is -3.96. The van der Waals surface area contributed by atoms with Gasteiger partial charge in [-0.3, -0.25) is 9.29 Å². The molecule has 1 aliphatic heterocycles. The van der Waals surface area contributed by atoms with Crippen LogP contribution in [0.4, 0.5) is 36.2 Å². The summed E-state index contributed by atoms with van der Waals surface area (Å²) < 4.78 is 65.1. The van der Waals surface area contributed by atoms with Crippen LogP contribution in [-0.4, -0.2) is 37.1 Å². The van der Waals surface area contributed by atoms with Crippen molar-refractivity contribution in [3.05, 3.63) is 29.1 Å². The van der Waals surface area contributed by atoms with E-state index >= 15 is 0 Å². The molecule has 3 rings (SSSR count). The number of alkyl halides is 3. The minimum Gasteiger partial charge on any atom is -0.374 e. The van der Waals surface area contributed by atoms with Gasteiger partial charge in [-0.1, -0.05) is 0 Å². The lowest BCUT2D eigenvalue weighted by Gasteiger charge is -2.28. The lowest BCUT2D eigenvalue weighted by Crippen LogP contribution is -2.30. The van der Waals surface area contributed by atoms with E-state index in [9.17, 15) is 26.9 Å². The van der Waals surface area contributed by atoms with Crippen molar-refractivity contribution in [2.24, 2.45) is 10.2 Å². The van der Waals surface area contributed by atoms with Gasteiger partial charge in [-0.15, -0.1) is 10.2 Å². The van der Waals surface area contributed by atoms with Crippen LogP contribution in [0.2, 0.25) is 0 Å².